The largest absolute Gasteiger partial charge is 0.459 e. The van der Waals surface area contributed by atoms with Crippen LogP contribution in [0.4, 0.5) is 5.82 Å². The molecular weight excluding hydrogens is 456 g/mol. The number of benzene rings is 3. The molecule has 6 rings (SSSR count). The quantitative estimate of drug-likeness (QED) is 0.330. The summed E-state index contributed by atoms with van der Waals surface area (Å²) in [4.78, 5) is 22.8. The molecule has 3 heterocycles. The summed E-state index contributed by atoms with van der Waals surface area (Å²) in [6.45, 7) is 0.864. The lowest BCUT2D eigenvalue weighted by Gasteiger charge is -2.11. The first-order chi connectivity index (χ1) is 17.7. The van der Waals surface area contributed by atoms with Crippen LogP contribution in [0.25, 0.3) is 27.9 Å². The Morgan fingerprint density at radius 1 is 0.944 bits per heavy atom. The molecular formula is C28H24N4O4. The number of hydrogen-bond donors (Lipinski definition) is 1. The third-order valence-electron chi connectivity index (χ3n) is 6.20. The Hall–Kier alpha value is -4.43. The number of hydrogen-bond acceptors (Lipinski definition) is 7. The fraction of sp³-hybridized carbons (Fsp3) is 0.179. The Bertz CT molecular complexity index is 1540. The SMILES string of the molecule is Nc1c(C(=O)OC[C@H]2CCCO2)c2nc3ccccc3nc2n1-c1ccc(Oc2ccccc2)cc1. The van der Waals surface area contributed by atoms with Crippen molar-refractivity contribution in [2.24, 2.45) is 0 Å². The van der Waals surface area contributed by atoms with E-state index in [-0.39, 0.29) is 24.1 Å². The molecule has 1 aliphatic rings. The van der Waals surface area contributed by atoms with Crippen LogP contribution in [-0.4, -0.2) is 39.8 Å². The van der Waals surface area contributed by atoms with E-state index in [0.717, 1.165) is 24.3 Å². The van der Waals surface area contributed by atoms with Gasteiger partial charge in [0.2, 0.25) is 0 Å². The highest BCUT2D eigenvalue weighted by molar-refractivity contribution is 6.09. The van der Waals surface area contributed by atoms with Crippen LogP contribution in [0.2, 0.25) is 0 Å². The van der Waals surface area contributed by atoms with Gasteiger partial charge in [0.1, 0.15) is 35.0 Å². The van der Waals surface area contributed by atoms with Crippen molar-refractivity contribution in [1.82, 2.24) is 14.5 Å². The molecule has 0 unspecified atom stereocenters. The van der Waals surface area contributed by atoms with Gasteiger partial charge in [-0.2, -0.15) is 0 Å². The molecule has 0 radical (unpaired) electrons. The fourth-order valence-electron chi connectivity index (χ4n) is 4.43. The van der Waals surface area contributed by atoms with E-state index >= 15 is 0 Å². The number of fused-ring (bicyclic) bond motifs is 2. The lowest BCUT2D eigenvalue weighted by atomic mass is 10.2. The first-order valence-corrected chi connectivity index (χ1v) is 11.9. The first-order valence-electron chi connectivity index (χ1n) is 11.9. The van der Waals surface area contributed by atoms with Crippen LogP contribution in [0, 0.1) is 0 Å². The molecule has 1 aliphatic heterocycles. The molecule has 1 fully saturated rings. The summed E-state index contributed by atoms with van der Waals surface area (Å²) < 4.78 is 18.8. The zero-order valence-corrected chi connectivity index (χ0v) is 19.5. The van der Waals surface area contributed by atoms with Gasteiger partial charge in [-0.15, -0.1) is 0 Å². The van der Waals surface area contributed by atoms with E-state index in [9.17, 15) is 4.79 Å². The monoisotopic (exact) mass is 480 g/mol. The summed E-state index contributed by atoms with van der Waals surface area (Å²) in [5, 5.41) is 0. The average Bonchev–Trinajstić information content (AvgIpc) is 3.52. The Morgan fingerprint density at radius 2 is 1.64 bits per heavy atom. The van der Waals surface area contributed by atoms with E-state index in [4.69, 9.17) is 29.9 Å². The van der Waals surface area contributed by atoms with Crippen LogP contribution in [0.5, 0.6) is 11.5 Å². The van der Waals surface area contributed by atoms with Gasteiger partial charge in [-0.1, -0.05) is 30.3 Å². The van der Waals surface area contributed by atoms with Gasteiger partial charge in [-0.05, 0) is 61.4 Å². The molecule has 180 valence electrons. The molecule has 0 amide bonds. The van der Waals surface area contributed by atoms with Gasteiger partial charge in [-0.3, -0.25) is 4.57 Å². The summed E-state index contributed by atoms with van der Waals surface area (Å²) in [5.41, 5.74) is 9.74. The number of carbonyl (C=O) groups is 1. The second-order valence-corrected chi connectivity index (χ2v) is 8.62. The van der Waals surface area contributed by atoms with Crippen molar-refractivity contribution in [2.75, 3.05) is 18.9 Å². The number of aromatic nitrogens is 3. The lowest BCUT2D eigenvalue weighted by molar-refractivity contribution is 0.0163. The number of esters is 1. The van der Waals surface area contributed by atoms with Crippen molar-refractivity contribution in [3.8, 4) is 17.2 Å². The van der Waals surface area contributed by atoms with Gasteiger partial charge >= 0.3 is 5.97 Å². The smallest absolute Gasteiger partial charge is 0.344 e. The van der Waals surface area contributed by atoms with Gasteiger partial charge in [0.25, 0.3) is 0 Å². The Balaban J connectivity index is 1.41. The number of para-hydroxylation sites is 3. The standard InChI is InChI=1S/C28H24N4O4/c29-26-24(28(33)35-17-21-9-6-16-34-21)25-27(31-23-11-5-4-10-22(23)30-25)32(26)18-12-14-20(15-13-18)36-19-7-2-1-3-8-19/h1-5,7-8,10-15,21H,6,9,16-17,29H2/t21-/m1/s1. The number of nitrogen functional groups attached to an aromatic ring is 1. The van der Waals surface area contributed by atoms with Crippen molar-refractivity contribution in [1.29, 1.82) is 0 Å². The molecule has 0 spiro atoms. The number of nitrogens with zero attached hydrogens (tertiary/aromatic N) is 3. The summed E-state index contributed by atoms with van der Waals surface area (Å²) in [6, 6.07) is 24.5. The van der Waals surface area contributed by atoms with Crippen molar-refractivity contribution in [2.45, 2.75) is 18.9 Å². The molecule has 0 bridgehead atoms. The summed E-state index contributed by atoms with van der Waals surface area (Å²) in [6.07, 6.45) is 1.74. The maximum atomic E-state index is 13.2. The van der Waals surface area contributed by atoms with Crippen LogP contribution < -0.4 is 10.5 Å². The molecule has 0 aliphatic carbocycles. The zero-order valence-electron chi connectivity index (χ0n) is 19.5. The van der Waals surface area contributed by atoms with Gasteiger partial charge in [0.15, 0.2) is 5.65 Å². The third-order valence-corrected chi connectivity index (χ3v) is 6.20. The number of rotatable bonds is 6. The number of anilines is 1. The summed E-state index contributed by atoms with van der Waals surface area (Å²) >= 11 is 0. The Labute approximate surface area is 207 Å². The minimum absolute atomic E-state index is 0.0902. The maximum absolute atomic E-state index is 13.2. The van der Waals surface area contributed by atoms with Gasteiger partial charge in [-0.25, -0.2) is 14.8 Å². The number of carbonyl (C=O) groups excluding carboxylic acids is 1. The molecule has 0 saturated carbocycles. The van der Waals surface area contributed by atoms with E-state index < -0.39 is 5.97 Å². The highest BCUT2D eigenvalue weighted by Gasteiger charge is 2.27. The second kappa shape index (κ2) is 9.31. The minimum atomic E-state index is -0.541. The van der Waals surface area contributed by atoms with Crippen LogP contribution in [0.3, 0.4) is 0 Å². The third kappa shape index (κ3) is 4.12. The lowest BCUT2D eigenvalue weighted by Crippen LogP contribution is -2.18. The first kappa shape index (κ1) is 22.1. The molecule has 8 heteroatoms. The van der Waals surface area contributed by atoms with E-state index in [1.807, 2.05) is 78.9 Å². The topological polar surface area (TPSA) is 101 Å². The zero-order chi connectivity index (χ0) is 24.5. The Morgan fingerprint density at radius 3 is 2.36 bits per heavy atom. The molecule has 3 aromatic carbocycles. The van der Waals surface area contributed by atoms with Crippen LogP contribution in [-0.2, 0) is 9.47 Å². The van der Waals surface area contributed by atoms with E-state index in [0.29, 0.717) is 34.6 Å². The molecule has 2 N–H and O–H groups in total. The molecule has 1 atom stereocenters. The second-order valence-electron chi connectivity index (χ2n) is 8.62. The molecule has 8 nitrogen and oxygen atoms in total. The predicted octanol–water partition coefficient (Wildman–Crippen LogP) is 5.28. The van der Waals surface area contributed by atoms with E-state index in [2.05, 4.69) is 0 Å². The molecule has 36 heavy (non-hydrogen) atoms. The fourth-order valence-corrected chi connectivity index (χ4v) is 4.43. The Kier molecular flexibility index (Phi) is 5.71. The van der Waals surface area contributed by atoms with Crippen LogP contribution >= 0.6 is 0 Å². The van der Waals surface area contributed by atoms with Gasteiger partial charge < -0.3 is 19.9 Å². The molecule has 2 aromatic heterocycles. The average molecular weight is 481 g/mol. The van der Waals surface area contributed by atoms with Crippen molar-refractivity contribution in [3.05, 3.63) is 84.4 Å². The summed E-state index contributed by atoms with van der Waals surface area (Å²) in [5.74, 6) is 1.09. The highest BCUT2D eigenvalue weighted by Crippen LogP contribution is 2.33. The van der Waals surface area contributed by atoms with Crippen molar-refractivity contribution in [3.63, 3.8) is 0 Å². The van der Waals surface area contributed by atoms with Gasteiger partial charge in [0.05, 0.1) is 17.1 Å². The predicted molar refractivity (Wildman–Crippen MR) is 137 cm³/mol. The van der Waals surface area contributed by atoms with Crippen LogP contribution in [0.15, 0.2) is 78.9 Å². The van der Waals surface area contributed by atoms with Crippen molar-refractivity contribution >= 4 is 34.0 Å². The minimum Gasteiger partial charge on any atom is -0.459 e. The number of ether oxygens (including phenoxy) is 3. The van der Waals surface area contributed by atoms with Crippen molar-refractivity contribution < 1.29 is 19.0 Å². The summed E-state index contributed by atoms with van der Waals surface area (Å²) in [7, 11) is 0. The van der Waals surface area contributed by atoms with Gasteiger partial charge in [0, 0.05) is 12.3 Å². The maximum Gasteiger partial charge on any atom is 0.344 e. The van der Waals surface area contributed by atoms with Crippen LogP contribution in [0.1, 0.15) is 23.2 Å². The highest BCUT2D eigenvalue weighted by atomic mass is 16.6. The van der Waals surface area contributed by atoms with E-state index in [1.165, 1.54) is 0 Å². The van der Waals surface area contributed by atoms with E-state index in [1.54, 1.807) is 4.57 Å². The molecule has 1 saturated heterocycles. The molecule has 5 aromatic rings. The number of nitrogens with two attached hydrogens (primary N) is 1. The normalized spacial score (nSPS) is 15.4.